The van der Waals surface area contributed by atoms with Crippen molar-refractivity contribution in [1.29, 1.82) is 0 Å². The Hall–Kier alpha value is -1.85. The number of fused-ring (bicyclic) bond motifs is 1. The molecule has 1 heterocycles. The summed E-state index contributed by atoms with van der Waals surface area (Å²) in [5.41, 5.74) is -0.750. The molecular formula is C23H34O6. The summed E-state index contributed by atoms with van der Waals surface area (Å²) in [4.78, 5) is 38.1. The highest BCUT2D eigenvalue weighted by Crippen LogP contribution is 2.66. The maximum Gasteiger partial charge on any atom is 0.320 e. The smallest absolute Gasteiger partial charge is 0.320 e. The summed E-state index contributed by atoms with van der Waals surface area (Å²) >= 11 is 0. The van der Waals surface area contributed by atoms with E-state index in [9.17, 15) is 14.4 Å². The SMILES string of the molecule is C=C1COC(=O)[C@]12C[C@@]1(C)[C@H]([C@@H](OC(=O)C(C)C)CC[C@@H]1C)[C@H]2OC(=O)C(C)C. The summed E-state index contributed by atoms with van der Waals surface area (Å²) in [6.07, 6.45) is 0.919. The molecular weight excluding hydrogens is 372 g/mol. The lowest BCUT2D eigenvalue weighted by Gasteiger charge is -2.47. The van der Waals surface area contributed by atoms with Gasteiger partial charge < -0.3 is 14.2 Å². The molecule has 162 valence electrons. The van der Waals surface area contributed by atoms with Gasteiger partial charge in [0.2, 0.25) is 0 Å². The standard InChI is InChI=1S/C23H34O6/c1-12(2)19(24)28-16-9-8-14(5)22(7)11-23(15(6)10-27-21(23)26)18(17(16)22)29-20(25)13(3)4/h12-14,16-18H,6,8-11H2,1-5,7H3/t14-,16-,17+,18+,22+,23+/m0/s1. The van der Waals surface area contributed by atoms with Crippen LogP contribution in [-0.2, 0) is 28.6 Å². The first-order chi connectivity index (χ1) is 13.4. The molecule has 3 aliphatic rings. The normalized spacial score (nSPS) is 39.0. The molecule has 2 saturated carbocycles. The lowest BCUT2D eigenvalue weighted by Crippen LogP contribution is -2.50. The van der Waals surface area contributed by atoms with Gasteiger partial charge in [0, 0.05) is 5.92 Å². The van der Waals surface area contributed by atoms with Crippen LogP contribution in [0.15, 0.2) is 12.2 Å². The van der Waals surface area contributed by atoms with E-state index in [0.717, 1.165) is 6.42 Å². The van der Waals surface area contributed by atoms with Crippen molar-refractivity contribution in [2.75, 3.05) is 6.61 Å². The number of rotatable bonds is 4. The number of cyclic esters (lactones) is 1. The van der Waals surface area contributed by atoms with Gasteiger partial charge in [-0.2, -0.15) is 0 Å². The molecule has 0 radical (unpaired) electrons. The van der Waals surface area contributed by atoms with Crippen LogP contribution in [0.3, 0.4) is 0 Å². The van der Waals surface area contributed by atoms with Crippen LogP contribution < -0.4 is 0 Å². The third-order valence-corrected chi connectivity index (χ3v) is 7.47. The molecule has 0 aromatic rings. The summed E-state index contributed by atoms with van der Waals surface area (Å²) in [7, 11) is 0. The molecule has 2 aliphatic carbocycles. The second kappa shape index (κ2) is 7.44. The van der Waals surface area contributed by atoms with Crippen molar-refractivity contribution in [3.63, 3.8) is 0 Å². The van der Waals surface area contributed by atoms with E-state index in [1.54, 1.807) is 27.7 Å². The van der Waals surface area contributed by atoms with Gasteiger partial charge in [0.25, 0.3) is 0 Å². The fourth-order valence-electron chi connectivity index (χ4n) is 5.44. The van der Waals surface area contributed by atoms with Gasteiger partial charge in [0.1, 0.15) is 24.2 Å². The Morgan fingerprint density at radius 1 is 1.10 bits per heavy atom. The summed E-state index contributed by atoms with van der Waals surface area (Å²) in [6.45, 7) is 15.7. The first kappa shape index (κ1) is 21.8. The minimum Gasteiger partial charge on any atom is -0.462 e. The molecule has 0 bridgehead atoms. The van der Waals surface area contributed by atoms with Gasteiger partial charge >= 0.3 is 17.9 Å². The van der Waals surface area contributed by atoms with Gasteiger partial charge in [-0.05, 0) is 36.2 Å². The first-order valence-electron chi connectivity index (χ1n) is 10.7. The van der Waals surface area contributed by atoms with Crippen LogP contribution >= 0.6 is 0 Å². The Labute approximate surface area is 173 Å². The van der Waals surface area contributed by atoms with Crippen molar-refractivity contribution in [2.24, 2.45) is 34.5 Å². The molecule has 6 atom stereocenters. The van der Waals surface area contributed by atoms with Crippen molar-refractivity contribution in [3.05, 3.63) is 12.2 Å². The average molecular weight is 407 g/mol. The topological polar surface area (TPSA) is 78.9 Å². The maximum absolute atomic E-state index is 13.0. The second-order valence-electron chi connectivity index (χ2n) is 9.98. The predicted molar refractivity (Wildman–Crippen MR) is 107 cm³/mol. The minimum atomic E-state index is -1.06. The van der Waals surface area contributed by atoms with Gasteiger partial charge in [-0.1, -0.05) is 48.1 Å². The fourth-order valence-corrected chi connectivity index (χ4v) is 5.44. The van der Waals surface area contributed by atoms with Gasteiger partial charge in [-0.3, -0.25) is 14.4 Å². The van der Waals surface area contributed by atoms with Crippen LogP contribution in [0, 0.1) is 34.5 Å². The average Bonchev–Trinajstić information content (AvgIpc) is 3.08. The molecule has 6 nitrogen and oxygen atoms in total. The van der Waals surface area contributed by atoms with E-state index in [1.807, 2.05) is 0 Å². The fraction of sp³-hybridized carbons (Fsp3) is 0.783. The summed E-state index contributed by atoms with van der Waals surface area (Å²) in [6, 6.07) is 0. The van der Waals surface area contributed by atoms with Crippen LogP contribution in [0.4, 0.5) is 0 Å². The zero-order valence-corrected chi connectivity index (χ0v) is 18.4. The van der Waals surface area contributed by atoms with Crippen LogP contribution in [0.5, 0.6) is 0 Å². The Bertz CT molecular complexity index is 707. The van der Waals surface area contributed by atoms with Crippen molar-refractivity contribution >= 4 is 17.9 Å². The second-order valence-corrected chi connectivity index (χ2v) is 9.98. The highest BCUT2D eigenvalue weighted by Gasteiger charge is 2.72. The van der Waals surface area contributed by atoms with E-state index >= 15 is 0 Å². The van der Waals surface area contributed by atoms with Gasteiger partial charge in [0.15, 0.2) is 0 Å². The van der Waals surface area contributed by atoms with Gasteiger partial charge in [0.05, 0.1) is 11.8 Å². The van der Waals surface area contributed by atoms with Gasteiger partial charge in [-0.15, -0.1) is 0 Å². The molecule has 0 aromatic heterocycles. The van der Waals surface area contributed by atoms with Crippen molar-refractivity contribution < 1.29 is 28.6 Å². The molecule has 0 unspecified atom stereocenters. The molecule has 0 amide bonds. The molecule has 1 saturated heterocycles. The van der Waals surface area contributed by atoms with Crippen LogP contribution in [-0.4, -0.2) is 36.7 Å². The molecule has 1 spiro atoms. The quantitative estimate of drug-likeness (QED) is 0.403. The van der Waals surface area contributed by atoms with E-state index in [4.69, 9.17) is 14.2 Å². The van der Waals surface area contributed by atoms with E-state index < -0.39 is 17.6 Å². The molecule has 0 N–H and O–H groups in total. The van der Waals surface area contributed by atoms with Crippen molar-refractivity contribution in [1.82, 2.24) is 0 Å². The van der Waals surface area contributed by atoms with Crippen LogP contribution in [0.2, 0.25) is 0 Å². The Balaban J connectivity index is 2.08. The van der Waals surface area contributed by atoms with Crippen molar-refractivity contribution in [3.8, 4) is 0 Å². The van der Waals surface area contributed by atoms with E-state index in [0.29, 0.717) is 18.4 Å². The molecule has 0 aromatic carbocycles. The number of hydrogen-bond donors (Lipinski definition) is 0. The number of ether oxygens (including phenoxy) is 3. The summed E-state index contributed by atoms with van der Waals surface area (Å²) in [5.74, 6) is -1.59. The first-order valence-corrected chi connectivity index (χ1v) is 10.7. The third-order valence-electron chi connectivity index (χ3n) is 7.47. The highest BCUT2D eigenvalue weighted by molar-refractivity contribution is 5.86. The molecule has 3 rings (SSSR count). The Morgan fingerprint density at radius 3 is 2.21 bits per heavy atom. The van der Waals surface area contributed by atoms with Crippen LogP contribution in [0.1, 0.15) is 60.8 Å². The minimum absolute atomic E-state index is 0.141. The lowest BCUT2D eigenvalue weighted by atomic mass is 9.61. The third kappa shape index (κ3) is 3.28. The Kier molecular flexibility index (Phi) is 5.61. The highest BCUT2D eigenvalue weighted by atomic mass is 16.6. The maximum atomic E-state index is 13.0. The number of esters is 3. The summed E-state index contributed by atoms with van der Waals surface area (Å²) < 4.78 is 17.3. The van der Waals surface area contributed by atoms with Crippen LogP contribution in [0.25, 0.3) is 0 Å². The zero-order valence-electron chi connectivity index (χ0n) is 18.4. The van der Waals surface area contributed by atoms with Gasteiger partial charge in [-0.25, -0.2) is 0 Å². The number of hydrogen-bond acceptors (Lipinski definition) is 6. The predicted octanol–water partition coefficient (Wildman–Crippen LogP) is 3.68. The molecule has 1 aliphatic heterocycles. The molecule has 6 heteroatoms. The van der Waals surface area contributed by atoms with E-state index in [1.165, 1.54) is 0 Å². The monoisotopic (exact) mass is 406 g/mol. The lowest BCUT2D eigenvalue weighted by molar-refractivity contribution is -0.179. The summed E-state index contributed by atoms with van der Waals surface area (Å²) in [5, 5.41) is 0. The van der Waals surface area contributed by atoms with Crippen molar-refractivity contribution in [2.45, 2.75) is 73.0 Å². The van der Waals surface area contributed by atoms with E-state index in [-0.39, 0.29) is 53.6 Å². The largest absolute Gasteiger partial charge is 0.462 e. The number of carbonyl (C=O) groups excluding carboxylic acids is 3. The Morgan fingerprint density at radius 2 is 1.69 bits per heavy atom. The molecule has 3 fully saturated rings. The molecule has 29 heavy (non-hydrogen) atoms. The number of carbonyl (C=O) groups is 3. The zero-order chi connectivity index (χ0) is 21.7. The van der Waals surface area contributed by atoms with E-state index in [2.05, 4.69) is 20.4 Å².